The van der Waals surface area contributed by atoms with Crippen LogP contribution in [0.1, 0.15) is 15.9 Å². The quantitative estimate of drug-likeness (QED) is 0.860. The number of halogens is 1. The smallest absolute Gasteiger partial charge is 0.255 e. The number of rotatable bonds is 3. The first kappa shape index (κ1) is 13.1. The van der Waals surface area contributed by atoms with Crippen molar-refractivity contribution >= 4 is 11.6 Å². The van der Waals surface area contributed by atoms with Gasteiger partial charge in [-0.25, -0.2) is 4.39 Å². The summed E-state index contributed by atoms with van der Waals surface area (Å²) in [7, 11) is 1.69. The predicted molar refractivity (Wildman–Crippen MR) is 73.1 cm³/mol. The maximum Gasteiger partial charge on any atom is 0.255 e. The maximum absolute atomic E-state index is 12.8. The summed E-state index contributed by atoms with van der Waals surface area (Å²) in [5.41, 5.74) is 7.58. The standard InChI is InChI=1S/C15H15FN2O/c1-18(10-11-6-8-12(16)9-7-11)15(19)13-4-2-3-5-14(13)17/h2-9H,10,17H2,1H3. The summed E-state index contributed by atoms with van der Waals surface area (Å²) in [6, 6.07) is 13.0. The molecule has 0 unspecified atom stereocenters. The topological polar surface area (TPSA) is 46.3 Å². The molecule has 0 saturated heterocycles. The van der Waals surface area contributed by atoms with Crippen LogP contribution in [-0.4, -0.2) is 17.9 Å². The Bertz CT molecular complexity index is 581. The van der Waals surface area contributed by atoms with Crippen molar-refractivity contribution in [2.75, 3.05) is 12.8 Å². The number of carbonyl (C=O) groups is 1. The van der Waals surface area contributed by atoms with E-state index < -0.39 is 0 Å². The highest BCUT2D eigenvalue weighted by molar-refractivity contribution is 5.98. The zero-order valence-electron chi connectivity index (χ0n) is 10.6. The molecule has 0 aromatic heterocycles. The molecule has 98 valence electrons. The minimum absolute atomic E-state index is 0.151. The van der Waals surface area contributed by atoms with Crippen LogP contribution in [0.5, 0.6) is 0 Å². The van der Waals surface area contributed by atoms with Crippen LogP contribution in [0.4, 0.5) is 10.1 Å². The van der Waals surface area contributed by atoms with E-state index in [-0.39, 0.29) is 11.7 Å². The first-order valence-corrected chi connectivity index (χ1v) is 5.92. The van der Waals surface area contributed by atoms with Crippen LogP contribution in [0.25, 0.3) is 0 Å². The van der Waals surface area contributed by atoms with Crippen LogP contribution in [-0.2, 0) is 6.54 Å². The Labute approximate surface area is 111 Å². The zero-order chi connectivity index (χ0) is 13.8. The molecule has 0 spiro atoms. The van der Waals surface area contributed by atoms with E-state index in [9.17, 15) is 9.18 Å². The largest absolute Gasteiger partial charge is 0.398 e. The summed E-state index contributed by atoms with van der Waals surface area (Å²) in [5.74, 6) is -0.438. The lowest BCUT2D eigenvalue weighted by molar-refractivity contribution is 0.0786. The van der Waals surface area contributed by atoms with Crippen LogP contribution in [0.15, 0.2) is 48.5 Å². The van der Waals surface area contributed by atoms with Crippen molar-refractivity contribution in [2.45, 2.75) is 6.54 Å². The Kier molecular flexibility index (Phi) is 3.80. The highest BCUT2D eigenvalue weighted by atomic mass is 19.1. The summed E-state index contributed by atoms with van der Waals surface area (Å²) >= 11 is 0. The van der Waals surface area contributed by atoms with Crippen molar-refractivity contribution in [1.29, 1.82) is 0 Å². The second kappa shape index (κ2) is 5.52. The van der Waals surface area contributed by atoms with Crippen molar-refractivity contribution in [3.63, 3.8) is 0 Å². The van der Waals surface area contributed by atoms with Gasteiger partial charge >= 0.3 is 0 Å². The predicted octanol–water partition coefficient (Wildman–Crippen LogP) is 2.68. The molecule has 4 heteroatoms. The number of amides is 1. The molecule has 0 radical (unpaired) electrons. The summed E-state index contributed by atoms with van der Waals surface area (Å²) in [4.78, 5) is 13.8. The Morgan fingerprint density at radius 2 is 1.79 bits per heavy atom. The Morgan fingerprint density at radius 3 is 2.42 bits per heavy atom. The molecule has 3 nitrogen and oxygen atoms in total. The second-order valence-electron chi connectivity index (χ2n) is 4.37. The van der Waals surface area contributed by atoms with Crippen molar-refractivity contribution < 1.29 is 9.18 Å². The van der Waals surface area contributed by atoms with Gasteiger partial charge in [0.1, 0.15) is 5.82 Å². The van der Waals surface area contributed by atoms with Crippen LogP contribution < -0.4 is 5.73 Å². The van der Waals surface area contributed by atoms with Gasteiger partial charge in [-0.05, 0) is 29.8 Å². The van der Waals surface area contributed by atoms with Gasteiger partial charge in [-0.1, -0.05) is 24.3 Å². The molecule has 19 heavy (non-hydrogen) atoms. The third-order valence-corrected chi connectivity index (χ3v) is 2.87. The Morgan fingerprint density at radius 1 is 1.16 bits per heavy atom. The number of anilines is 1. The molecule has 0 heterocycles. The number of nitrogen functional groups attached to an aromatic ring is 1. The van der Waals surface area contributed by atoms with Gasteiger partial charge in [0, 0.05) is 19.3 Å². The third-order valence-electron chi connectivity index (χ3n) is 2.87. The molecule has 0 aliphatic heterocycles. The first-order valence-electron chi connectivity index (χ1n) is 5.92. The van der Waals surface area contributed by atoms with Crippen LogP contribution in [0.3, 0.4) is 0 Å². The lowest BCUT2D eigenvalue weighted by Gasteiger charge is -2.18. The average Bonchev–Trinajstić information content (AvgIpc) is 2.41. The van der Waals surface area contributed by atoms with Gasteiger partial charge in [-0.15, -0.1) is 0 Å². The summed E-state index contributed by atoms with van der Waals surface area (Å²) < 4.78 is 12.8. The molecule has 2 rings (SSSR count). The fraction of sp³-hybridized carbons (Fsp3) is 0.133. The normalized spacial score (nSPS) is 10.2. The fourth-order valence-corrected chi connectivity index (χ4v) is 1.83. The molecular formula is C15H15FN2O. The molecule has 2 aromatic rings. The van der Waals surface area contributed by atoms with Gasteiger partial charge in [0.05, 0.1) is 5.56 Å². The molecule has 2 N–H and O–H groups in total. The molecule has 0 aliphatic rings. The molecular weight excluding hydrogens is 243 g/mol. The number of carbonyl (C=O) groups excluding carboxylic acids is 1. The molecule has 0 bridgehead atoms. The number of hydrogen-bond acceptors (Lipinski definition) is 2. The Balaban J connectivity index is 2.12. The van der Waals surface area contributed by atoms with E-state index in [0.717, 1.165) is 5.56 Å². The summed E-state index contributed by atoms with van der Waals surface area (Å²) in [6.45, 7) is 0.410. The number of nitrogens with zero attached hydrogens (tertiary/aromatic N) is 1. The highest BCUT2D eigenvalue weighted by Gasteiger charge is 2.14. The molecule has 0 fully saturated rings. The Hall–Kier alpha value is -2.36. The van der Waals surface area contributed by atoms with Gasteiger partial charge in [-0.2, -0.15) is 0 Å². The van der Waals surface area contributed by atoms with Crippen molar-refractivity contribution in [3.8, 4) is 0 Å². The van der Waals surface area contributed by atoms with E-state index in [1.54, 1.807) is 48.3 Å². The number of nitrogens with two attached hydrogens (primary N) is 1. The van der Waals surface area contributed by atoms with E-state index in [1.165, 1.54) is 12.1 Å². The van der Waals surface area contributed by atoms with Gasteiger partial charge in [0.25, 0.3) is 5.91 Å². The van der Waals surface area contributed by atoms with Crippen LogP contribution >= 0.6 is 0 Å². The van der Waals surface area contributed by atoms with Crippen molar-refractivity contribution in [2.24, 2.45) is 0 Å². The third kappa shape index (κ3) is 3.10. The lowest BCUT2D eigenvalue weighted by Crippen LogP contribution is -2.26. The highest BCUT2D eigenvalue weighted by Crippen LogP contribution is 2.14. The lowest BCUT2D eigenvalue weighted by atomic mass is 10.1. The monoisotopic (exact) mass is 258 g/mol. The minimum Gasteiger partial charge on any atom is -0.398 e. The van der Waals surface area contributed by atoms with Gasteiger partial charge in [0.2, 0.25) is 0 Å². The maximum atomic E-state index is 12.8. The number of hydrogen-bond donors (Lipinski definition) is 1. The van der Waals surface area contributed by atoms with E-state index in [2.05, 4.69) is 0 Å². The number of benzene rings is 2. The van der Waals surface area contributed by atoms with E-state index in [1.807, 2.05) is 0 Å². The van der Waals surface area contributed by atoms with Gasteiger partial charge < -0.3 is 10.6 Å². The molecule has 0 saturated carbocycles. The SMILES string of the molecule is CN(Cc1ccc(F)cc1)C(=O)c1ccccc1N. The molecule has 0 aliphatic carbocycles. The molecule has 2 aromatic carbocycles. The number of para-hydroxylation sites is 1. The fourth-order valence-electron chi connectivity index (χ4n) is 1.83. The van der Waals surface area contributed by atoms with E-state index >= 15 is 0 Å². The molecule has 0 atom stereocenters. The van der Waals surface area contributed by atoms with E-state index in [4.69, 9.17) is 5.73 Å². The summed E-state index contributed by atoms with van der Waals surface area (Å²) in [5, 5.41) is 0. The van der Waals surface area contributed by atoms with Crippen LogP contribution in [0.2, 0.25) is 0 Å². The van der Waals surface area contributed by atoms with E-state index in [0.29, 0.717) is 17.8 Å². The average molecular weight is 258 g/mol. The minimum atomic E-state index is -0.287. The van der Waals surface area contributed by atoms with Crippen LogP contribution in [0, 0.1) is 5.82 Å². The molecule has 1 amide bonds. The second-order valence-corrected chi connectivity index (χ2v) is 4.37. The van der Waals surface area contributed by atoms with Crippen molar-refractivity contribution in [1.82, 2.24) is 4.90 Å². The zero-order valence-corrected chi connectivity index (χ0v) is 10.6. The van der Waals surface area contributed by atoms with Gasteiger partial charge in [-0.3, -0.25) is 4.79 Å². The van der Waals surface area contributed by atoms with Gasteiger partial charge in [0.15, 0.2) is 0 Å². The van der Waals surface area contributed by atoms with Crippen molar-refractivity contribution in [3.05, 3.63) is 65.5 Å². The summed E-state index contributed by atoms with van der Waals surface area (Å²) in [6.07, 6.45) is 0. The first-order chi connectivity index (χ1) is 9.08.